The van der Waals surface area contributed by atoms with E-state index in [1.807, 2.05) is 30.3 Å². The molecule has 0 aliphatic heterocycles. The molecule has 22 heavy (non-hydrogen) atoms. The molecule has 0 atom stereocenters. The molecule has 0 saturated carbocycles. The van der Waals surface area contributed by atoms with Crippen molar-refractivity contribution in [2.24, 2.45) is 0 Å². The monoisotopic (exact) mass is 302 g/mol. The largest absolute Gasteiger partial charge is 0.465 e. The van der Waals surface area contributed by atoms with Gasteiger partial charge in [0.2, 0.25) is 0 Å². The fourth-order valence-electron chi connectivity index (χ4n) is 2.02. The van der Waals surface area contributed by atoms with Crippen molar-refractivity contribution < 1.29 is 13.9 Å². The first-order valence-corrected chi connectivity index (χ1v) is 7.07. The van der Waals surface area contributed by atoms with Crippen molar-refractivity contribution in [1.29, 1.82) is 0 Å². The van der Waals surface area contributed by atoms with Gasteiger partial charge in [-0.3, -0.25) is 0 Å². The van der Waals surface area contributed by atoms with Gasteiger partial charge in [-0.2, -0.15) is 0 Å². The van der Waals surface area contributed by atoms with Gasteiger partial charge in [-0.25, -0.2) is 9.18 Å². The van der Waals surface area contributed by atoms with Gasteiger partial charge in [-0.1, -0.05) is 30.3 Å². The average molecular weight is 302 g/mol. The van der Waals surface area contributed by atoms with Crippen LogP contribution < -0.4 is 10.6 Å². The van der Waals surface area contributed by atoms with Gasteiger partial charge in [0.25, 0.3) is 0 Å². The van der Waals surface area contributed by atoms with E-state index in [1.54, 1.807) is 0 Å². The van der Waals surface area contributed by atoms with E-state index in [4.69, 9.17) is 0 Å². The minimum absolute atomic E-state index is 0.296. The molecule has 0 radical (unpaired) electrons. The number of carbonyl (C=O) groups excluding carboxylic acids is 1. The molecule has 0 unspecified atom stereocenters. The quantitative estimate of drug-likeness (QED) is 0.610. The van der Waals surface area contributed by atoms with Gasteiger partial charge in [-0.15, -0.1) is 0 Å². The molecule has 2 rings (SSSR count). The summed E-state index contributed by atoms with van der Waals surface area (Å²) in [6.45, 7) is 1.98. The van der Waals surface area contributed by atoms with Crippen molar-refractivity contribution in [2.75, 3.05) is 25.5 Å². The zero-order valence-corrected chi connectivity index (χ0v) is 12.4. The second-order valence-electron chi connectivity index (χ2n) is 4.78. The molecule has 0 spiro atoms. The van der Waals surface area contributed by atoms with Crippen LogP contribution in [0, 0.1) is 5.82 Å². The van der Waals surface area contributed by atoms with Crippen molar-refractivity contribution in [1.82, 2.24) is 5.32 Å². The summed E-state index contributed by atoms with van der Waals surface area (Å²) in [4.78, 5) is 11.4. The van der Waals surface area contributed by atoms with Crippen LogP contribution in [0.25, 0.3) is 0 Å². The van der Waals surface area contributed by atoms with Crippen LogP contribution in [0.1, 0.15) is 15.9 Å². The number of nitrogens with one attached hydrogen (secondary N) is 2. The third-order valence-electron chi connectivity index (χ3n) is 3.18. The van der Waals surface area contributed by atoms with E-state index in [0.29, 0.717) is 24.3 Å². The van der Waals surface area contributed by atoms with Gasteiger partial charge in [0, 0.05) is 19.6 Å². The number of rotatable bonds is 7. The number of halogens is 1. The highest BCUT2D eigenvalue weighted by Crippen LogP contribution is 2.16. The molecule has 0 saturated heterocycles. The van der Waals surface area contributed by atoms with Crippen LogP contribution in [0.5, 0.6) is 0 Å². The summed E-state index contributed by atoms with van der Waals surface area (Å²) in [6.07, 6.45) is 0. The highest BCUT2D eigenvalue weighted by molar-refractivity contribution is 5.90. The standard InChI is InChI=1S/C17H19FN2O2/c1-22-17(21)14-7-8-15(18)16(11-14)20-10-9-19-12-13-5-3-2-4-6-13/h2-8,11,19-20H,9-10,12H2,1H3. The number of carbonyl (C=O) groups is 1. The Hall–Kier alpha value is -2.40. The minimum Gasteiger partial charge on any atom is -0.465 e. The Bertz CT molecular complexity index is 617. The highest BCUT2D eigenvalue weighted by Gasteiger charge is 2.09. The molecular formula is C17H19FN2O2. The molecule has 4 nitrogen and oxygen atoms in total. The number of hydrogen-bond donors (Lipinski definition) is 2. The first-order chi connectivity index (χ1) is 10.7. The Balaban J connectivity index is 1.80. The number of ether oxygens (including phenoxy) is 1. The highest BCUT2D eigenvalue weighted by atomic mass is 19.1. The van der Waals surface area contributed by atoms with Crippen molar-refractivity contribution in [3.05, 3.63) is 65.5 Å². The lowest BCUT2D eigenvalue weighted by molar-refractivity contribution is 0.0600. The maximum Gasteiger partial charge on any atom is 0.337 e. The fraction of sp³-hybridized carbons (Fsp3) is 0.235. The molecule has 116 valence electrons. The van der Waals surface area contributed by atoms with Crippen LogP contribution in [-0.2, 0) is 11.3 Å². The van der Waals surface area contributed by atoms with Gasteiger partial charge >= 0.3 is 5.97 Å². The molecule has 2 aromatic carbocycles. The topological polar surface area (TPSA) is 50.4 Å². The summed E-state index contributed by atoms with van der Waals surface area (Å²) in [5.74, 6) is -0.874. The van der Waals surface area contributed by atoms with E-state index < -0.39 is 11.8 Å². The molecule has 0 bridgehead atoms. The lowest BCUT2D eigenvalue weighted by Gasteiger charge is -2.10. The second kappa shape index (κ2) is 8.14. The maximum atomic E-state index is 13.7. The van der Waals surface area contributed by atoms with Crippen LogP contribution in [0.3, 0.4) is 0 Å². The summed E-state index contributed by atoms with van der Waals surface area (Å²) in [6, 6.07) is 14.2. The Labute approximate surface area is 129 Å². The third kappa shape index (κ3) is 4.56. The van der Waals surface area contributed by atoms with Crippen LogP contribution in [0.2, 0.25) is 0 Å². The zero-order valence-electron chi connectivity index (χ0n) is 12.4. The summed E-state index contributed by atoms with van der Waals surface area (Å²) in [7, 11) is 1.30. The number of benzene rings is 2. The molecule has 0 aliphatic carbocycles. The van der Waals surface area contributed by atoms with Crippen molar-refractivity contribution in [3.63, 3.8) is 0 Å². The summed E-state index contributed by atoms with van der Waals surface area (Å²) < 4.78 is 18.3. The van der Waals surface area contributed by atoms with Crippen molar-refractivity contribution in [2.45, 2.75) is 6.54 Å². The third-order valence-corrected chi connectivity index (χ3v) is 3.18. The average Bonchev–Trinajstić information content (AvgIpc) is 2.56. The smallest absolute Gasteiger partial charge is 0.337 e. The van der Waals surface area contributed by atoms with Crippen LogP contribution in [0.4, 0.5) is 10.1 Å². The molecule has 0 fully saturated rings. The maximum absolute atomic E-state index is 13.7. The van der Waals surface area contributed by atoms with E-state index in [0.717, 1.165) is 6.54 Å². The zero-order chi connectivity index (χ0) is 15.8. The molecule has 0 aromatic heterocycles. The minimum atomic E-state index is -0.481. The van der Waals surface area contributed by atoms with Gasteiger partial charge in [0.05, 0.1) is 18.4 Å². The predicted octanol–water partition coefficient (Wildman–Crippen LogP) is 2.81. The molecule has 0 amide bonds. The SMILES string of the molecule is COC(=O)c1ccc(F)c(NCCNCc2ccccc2)c1. The second-order valence-corrected chi connectivity index (χ2v) is 4.78. The molecular weight excluding hydrogens is 283 g/mol. The molecule has 2 N–H and O–H groups in total. The summed E-state index contributed by atoms with van der Waals surface area (Å²) >= 11 is 0. The van der Waals surface area contributed by atoms with E-state index in [1.165, 1.54) is 30.9 Å². The van der Waals surface area contributed by atoms with E-state index in [9.17, 15) is 9.18 Å². The number of anilines is 1. The number of methoxy groups -OCH3 is 1. The lowest BCUT2D eigenvalue weighted by Crippen LogP contribution is -2.22. The number of hydrogen-bond acceptors (Lipinski definition) is 4. The lowest BCUT2D eigenvalue weighted by atomic mass is 10.2. The molecule has 0 aliphatic rings. The Kier molecular flexibility index (Phi) is 5.91. The first kappa shape index (κ1) is 16.0. The van der Waals surface area contributed by atoms with Gasteiger partial charge in [0.15, 0.2) is 0 Å². The van der Waals surface area contributed by atoms with Gasteiger partial charge in [0.1, 0.15) is 5.82 Å². The normalized spacial score (nSPS) is 10.3. The van der Waals surface area contributed by atoms with E-state index in [-0.39, 0.29) is 0 Å². The van der Waals surface area contributed by atoms with Crippen LogP contribution in [0.15, 0.2) is 48.5 Å². The van der Waals surface area contributed by atoms with Crippen LogP contribution in [-0.4, -0.2) is 26.2 Å². The van der Waals surface area contributed by atoms with E-state index >= 15 is 0 Å². The molecule has 0 heterocycles. The predicted molar refractivity (Wildman–Crippen MR) is 84.4 cm³/mol. The Morgan fingerprint density at radius 1 is 1.14 bits per heavy atom. The molecule has 2 aromatic rings. The summed E-state index contributed by atoms with van der Waals surface area (Å²) in [5, 5.41) is 6.24. The fourth-order valence-corrected chi connectivity index (χ4v) is 2.02. The van der Waals surface area contributed by atoms with Crippen molar-refractivity contribution in [3.8, 4) is 0 Å². The van der Waals surface area contributed by atoms with E-state index in [2.05, 4.69) is 15.4 Å². The van der Waals surface area contributed by atoms with Crippen LogP contribution >= 0.6 is 0 Å². The molecule has 5 heteroatoms. The summed E-state index contributed by atoms with van der Waals surface area (Å²) in [5.41, 5.74) is 1.81. The Morgan fingerprint density at radius 3 is 2.64 bits per heavy atom. The number of esters is 1. The van der Waals surface area contributed by atoms with Gasteiger partial charge in [-0.05, 0) is 23.8 Å². The Morgan fingerprint density at radius 2 is 1.91 bits per heavy atom. The first-order valence-electron chi connectivity index (χ1n) is 7.07. The van der Waals surface area contributed by atoms with Crippen molar-refractivity contribution >= 4 is 11.7 Å². The van der Waals surface area contributed by atoms with Gasteiger partial charge < -0.3 is 15.4 Å².